The summed E-state index contributed by atoms with van der Waals surface area (Å²) in [5.41, 5.74) is 0.528. The molecule has 0 bridgehead atoms. The second-order valence-corrected chi connectivity index (χ2v) is 6.19. The van der Waals surface area contributed by atoms with E-state index in [1.54, 1.807) is 19.1 Å². The van der Waals surface area contributed by atoms with E-state index < -0.39 is 0 Å². The largest absolute Gasteiger partial charge is 0.490 e. The third kappa shape index (κ3) is 3.78. The van der Waals surface area contributed by atoms with E-state index in [1.165, 1.54) is 32.1 Å². The van der Waals surface area contributed by atoms with Gasteiger partial charge in [0.2, 0.25) is 0 Å². The van der Waals surface area contributed by atoms with Gasteiger partial charge in [-0.15, -0.1) is 0 Å². The first-order chi connectivity index (χ1) is 10.2. The van der Waals surface area contributed by atoms with Crippen LogP contribution in [0.5, 0.6) is 11.5 Å². The topological polar surface area (TPSA) is 18.5 Å². The lowest BCUT2D eigenvalue weighted by Crippen LogP contribution is -2.08. The molecule has 2 aliphatic carbocycles. The first-order valence-electron chi connectivity index (χ1n) is 7.95. The van der Waals surface area contributed by atoms with Gasteiger partial charge in [0.25, 0.3) is 0 Å². The van der Waals surface area contributed by atoms with Crippen LogP contribution in [-0.4, -0.2) is 13.2 Å². The Morgan fingerprint density at radius 2 is 1.90 bits per heavy atom. The number of ether oxygens (including phenoxy) is 2. The molecule has 0 radical (unpaired) electrons. The lowest BCUT2D eigenvalue weighted by molar-refractivity contribution is 0.282. The summed E-state index contributed by atoms with van der Waals surface area (Å²) in [6.07, 6.45) is 10.6. The average molecular weight is 290 g/mol. The summed E-state index contributed by atoms with van der Waals surface area (Å²) in [6.45, 7) is 2.87. The summed E-state index contributed by atoms with van der Waals surface area (Å²) in [5.74, 6) is 2.00. The summed E-state index contributed by atoms with van der Waals surface area (Å²) in [6, 6.07) is 3.48. The van der Waals surface area contributed by atoms with Gasteiger partial charge in [-0.1, -0.05) is 18.6 Å². The highest BCUT2D eigenvalue weighted by molar-refractivity contribution is 5.41. The van der Waals surface area contributed by atoms with E-state index in [4.69, 9.17) is 9.47 Å². The van der Waals surface area contributed by atoms with Gasteiger partial charge < -0.3 is 9.47 Å². The summed E-state index contributed by atoms with van der Waals surface area (Å²) in [7, 11) is 0. The van der Waals surface area contributed by atoms with Crippen molar-refractivity contribution in [3.8, 4) is 11.5 Å². The summed E-state index contributed by atoms with van der Waals surface area (Å²) in [5, 5.41) is 0. The van der Waals surface area contributed by atoms with Crippen LogP contribution >= 0.6 is 0 Å². The number of halogens is 1. The van der Waals surface area contributed by atoms with Crippen molar-refractivity contribution in [2.24, 2.45) is 11.8 Å². The van der Waals surface area contributed by atoms with Gasteiger partial charge in [-0.2, -0.15) is 0 Å². The van der Waals surface area contributed by atoms with E-state index in [1.807, 2.05) is 6.08 Å². The van der Waals surface area contributed by atoms with Crippen molar-refractivity contribution in [2.75, 3.05) is 13.2 Å². The highest BCUT2D eigenvalue weighted by Gasteiger charge is 2.23. The van der Waals surface area contributed by atoms with Gasteiger partial charge in [0.05, 0.1) is 6.61 Å². The Kier molecular flexibility index (Phi) is 4.47. The molecule has 0 atom stereocenters. The molecule has 0 unspecified atom stereocenters. The Morgan fingerprint density at radius 1 is 1.14 bits per heavy atom. The molecule has 2 aliphatic rings. The Hall–Kier alpha value is -1.51. The Bertz CT molecular complexity index is 516. The zero-order valence-corrected chi connectivity index (χ0v) is 12.6. The minimum Gasteiger partial charge on any atom is -0.490 e. The predicted molar refractivity (Wildman–Crippen MR) is 81.3 cm³/mol. The van der Waals surface area contributed by atoms with Gasteiger partial charge in [-0.25, -0.2) is 4.39 Å². The quantitative estimate of drug-likeness (QED) is 0.680. The molecule has 0 saturated heterocycles. The van der Waals surface area contributed by atoms with Crippen molar-refractivity contribution in [3.05, 3.63) is 35.7 Å². The van der Waals surface area contributed by atoms with Crippen LogP contribution in [0.15, 0.2) is 24.3 Å². The van der Waals surface area contributed by atoms with Gasteiger partial charge >= 0.3 is 0 Å². The number of benzene rings is 1. The van der Waals surface area contributed by atoms with Gasteiger partial charge in [0, 0.05) is 5.56 Å². The third-order valence-electron chi connectivity index (χ3n) is 4.37. The molecule has 1 aromatic rings. The summed E-state index contributed by atoms with van der Waals surface area (Å²) < 4.78 is 25.4. The lowest BCUT2D eigenvalue weighted by Gasteiger charge is -2.21. The number of hydrogen-bond donors (Lipinski definition) is 0. The lowest BCUT2D eigenvalue weighted by atomic mass is 9.85. The van der Waals surface area contributed by atoms with Crippen molar-refractivity contribution < 1.29 is 13.9 Å². The molecule has 0 heterocycles. The normalized spacial score (nSPS) is 18.8. The van der Waals surface area contributed by atoms with Crippen LogP contribution in [0.25, 0.3) is 0 Å². The van der Waals surface area contributed by atoms with E-state index in [-0.39, 0.29) is 5.82 Å². The average Bonchev–Trinajstić information content (AvgIpc) is 3.24. The zero-order chi connectivity index (χ0) is 14.7. The molecule has 21 heavy (non-hydrogen) atoms. The van der Waals surface area contributed by atoms with Crippen LogP contribution in [0.4, 0.5) is 4.39 Å². The van der Waals surface area contributed by atoms with Gasteiger partial charge in [0.1, 0.15) is 12.4 Å². The van der Waals surface area contributed by atoms with Crippen LogP contribution in [0.3, 0.4) is 0 Å². The van der Waals surface area contributed by atoms with E-state index in [9.17, 15) is 4.39 Å². The van der Waals surface area contributed by atoms with Gasteiger partial charge in [-0.3, -0.25) is 0 Å². The van der Waals surface area contributed by atoms with E-state index in [0.717, 1.165) is 5.92 Å². The molecular weight excluding hydrogens is 267 g/mol. The second kappa shape index (κ2) is 6.50. The van der Waals surface area contributed by atoms with Crippen LogP contribution in [0.1, 0.15) is 37.7 Å². The molecule has 2 saturated carbocycles. The molecule has 0 N–H and O–H groups in total. The minimum atomic E-state index is -0.295. The monoisotopic (exact) mass is 290 g/mol. The Morgan fingerprint density at radius 3 is 2.57 bits per heavy atom. The summed E-state index contributed by atoms with van der Waals surface area (Å²) >= 11 is 0. The molecule has 1 aromatic carbocycles. The van der Waals surface area contributed by atoms with E-state index >= 15 is 0 Å². The van der Waals surface area contributed by atoms with Crippen molar-refractivity contribution >= 4 is 0 Å². The molecule has 3 heteroatoms. The van der Waals surface area contributed by atoms with Crippen LogP contribution in [-0.2, 0) is 0 Å². The standard InChI is InChI=1S/C18H23FO2/c1-13-16(20-11-3-6-14-4-2-5-14)9-10-17(18(13)19)21-12-15-7-8-15/h3,6,9-10,14-15H,2,4-5,7-8,11-12H2,1H3/b6-3+. The number of allylic oxidation sites excluding steroid dienone is 1. The van der Waals surface area contributed by atoms with Crippen molar-refractivity contribution in [1.82, 2.24) is 0 Å². The maximum Gasteiger partial charge on any atom is 0.171 e. The van der Waals surface area contributed by atoms with E-state index in [2.05, 4.69) is 6.08 Å². The zero-order valence-electron chi connectivity index (χ0n) is 12.6. The second-order valence-electron chi connectivity index (χ2n) is 6.19. The van der Waals surface area contributed by atoms with Crippen molar-refractivity contribution in [2.45, 2.75) is 39.0 Å². The molecule has 0 amide bonds. The van der Waals surface area contributed by atoms with Crippen LogP contribution in [0, 0.1) is 24.6 Å². The van der Waals surface area contributed by atoms with E-state index in [0.29, 0.717) is 36.2 Å². The Labute approximate surface area is 126 Å². The van der Waals surface area contributed by atoms with Crippen LogP contribution < -0.4 is 9.47 Å². The molecule has 0 aliphatic heterocycles. The fourth-order valence-electron chi connectivity index (χ4n) is 2.42. The molecule has 2 fully saturated rings. The predicted octanol–water partition coefficient (Wildman–Crippen LogP) is 4.66. The number of rotatable bonds is 7. The molecular formula is C18H23FO2. The highest BCUT2D eigenvalue weighted by atomic mass is 19.1. The molecule has 3 rings (SSSR count). The molecule has 2 nitrogen and oxygen atoms in total. The van der Waals surface area contributed by atoms with Crippen molar-refractivity contribution in [3.63, 3.8) is 0 Å². The Balaban J connectivity index is 1.54. The van der Waals surface area contributed by atoms with Gasteiger partial charge in [0.15, 0.2) is 11.6 Å². The summed E-state index contributed by atoms with van der Waals surface area (Å²) in [4.78, 5) is 0. The molecule has 0 spiro atoms. The SMILES string of the molecule is Cc1c(OC/C=C/C2CCC2)ccc(OCC2CC2)c1F. The van der Waals surface area contributed by atoms with Gasteiger partial charge in [-0.05, 0) is 56.6 Å². The highest BCUT2D eigenvalue weighted by Crippen LogP contribution is 2.32. The number of hydrogen-bond acceptors (Lipinski definition) is 2. The molecule has 114 valence electrons. The third-order valence-corrected chi connectivity index (χ3v) is 4.37. The maximum atomic E-state index is 14.2. The van der Waals surface area contributed by atoms with Crippen LogP contribution in [0.2, 0.25) is 0 Å². The fraction of sp³-hybridized carbons (Fsp3) is 0.556. The van der Waals surface area contributed by atoms with Crippen molar-refractivity contribution in [1.29, 1.82) is 0 Å². The smallest absolute Gasteiger partial charge is 0.171 e. The maximum absolute atomic E-state index is 14.2. The first-order valence-corrected chi connectivity index (χ1v) is 7.95. The minimum absolute atomic E-state index is 0.295. The fourth-order valence-corrected chi connectivity index (χ4v) is 2.42. The first kappa shape index (κ1) is 14.4. The molecule has 0 aromatic heterocycles.